The molecule has 0 saturated carbocycles. The van der Waals surface area contributed by atoms with Crippen LogP contribution in [0, 0.1) is 4.77 Å². The number of nitrogens with one attached hydrogen (secondary N) is 2. The molecule has 0 aliphatic heterocycles. The molecule has 0 aliphatic rings. The highest BCUT2D eigenvalue weighted by molar-refractivity contribution is 9.10. The van der Waals surface area contributed by atoms with Gasteiger partial charge in [-0.2, -0.15) is 0 Å². The van der Waals surface area contributed by atoms with Crippen molar-refractivity contribution in [3.8, 4) is 11.5 Å². The van der Waals surface area contributed by atoms with E-state index in [1.165, 1.54) is 6.20 Å². The summed E-state index contributed by atoms with van der Waals surface area (Å²) in [7, 11) is 0. The van der Waals surface area contributed by atoms with Crippen molar-refractivity contribution in [2.75, 3.05) is 0 Å². The number of hydrogen-bond donors (Lipinski definition) is 2. The molecule has 0 saturated heterocycles. The Morgan fingerprint density at radius 1 is 1.25 bits per heavy atom. The highest BCUT2D eigenvalue weighted by Gasteiger charge is 2.01. The molecule has 0 fully saturated rings. The van der Waals surface area contributed by atoms with Crippen molar-refractivity contribution in [3.05, 3.63) is 50.1 Å². The lowest BCUT2D eigenvalue weighted by Gasteiger charge is -2.03. The molecule has 2 N–H and O–H groups in total. The van der Waals surface area contributed by atoms with Crippen molar-refractivity contribution in [1.82, 2.24) is 9.97 Å². The Balaban J connectivity index is 2.30. The Hall–Kier alpha value is -1.40. The maximum Gasteiger partial charge on any atom is 0.294 e. The van der Waals surface area contributed by atoms with Gasteiger partial charge in [-0.1, -0.05) is 15.9 Å². The van der Waals surface area contributed by atoms with E-state index >= 15 is 0 Å². The Bertz CT molecular complexity index is 603. The van der Waals surface area contributed by atoms with Crippen molar-refractivity contribution in [2.45, 2.75) is 0 Å². The zero-order valence-electron chi connectivity index (χ0n) is 7.99. The van der Waals surface area contributed by atoms with Gasteiger partial charge in [-0.15, -0.1) is 0 Å². The van der Waals surface area contributed by atoms with Crippen LogP contribution < -0.4 is 10.3 Å². The zero-order chi connectivity index (χ0) is 11.5. The van der Waals surface area contributed by atoms with Crippen LogP contribution in [0.5, 0.6) is 11.5 Å². The van der Waals surface area contributed by atoms with E-state index in [1.807, 2.05) is 12.1 Å². The molecule has 0 amide bonds. The van der Waals surface area contributed by atoms with Gasteiger partial charge in [0.05, 0.1) is 6.20 Å². The zero-order valence-corrected chi connectivity index (χ0v) is 10.4. The predicted octanol–water partition coefficient (Wildman–Crippen LogP) is 2.99. The minimum Gasteiger partial charge on any atom is -0.450 e. The lowest BCUT2D eigenvalue weighted by Crippen LogP contribution is -2.09. The summed E-state index contributed by atoms with van der Waals surface area (Å²) in [5.74, 6) is 0.759. The molecule has 16 heavy (non-hydrogen) atoms. The smallest absolute Gasteiger partial charge is 0.294 e. The maximum absolute atomic E-state index is 11.4. The first-order chi connectivity index (χ1) is 7.65. The lowest BCUT2D eigenvalue weighted by atomic mass is 10.3. The molecule has 0 radical (unpaired) electrons. The molecule has 1 aromatic heterocycles. The summed E-state index contributed by atoms with van der Waals surface area (Å²) in [5.41, 5.74) is -0.355. The molecule has 0 bridgehead atoms. The molecule has 0 atom stereocenters. The lowest BCUT2D eigenvalue weighted by molar-refractivity contribution is 0.471. The first-order valence-corrected chi connectivity index (χ1v) is 5.61. The SMILES string of the molecule is O=c1[nH]c(=S)[nH]cc1Oc1ccc(Br)cc1. The van der Waals surface area contributed by atoms with Gasteiger partial charge < -0.3 is 9.72 Å². The van der Waals surface area contributed by atoms with Crippen molar-refractivity contribution >= 4 is 28.1 Å². The van der Waals surface area contributed by atoms with Crippen LogP contribution in [0.25, 0.3) is 0 Å². The third kappa shape index (κ3) is 2.59. The van der Waals surface area contributed by atoms with Crippen molar-refractivity contribution in [3.63, 3.8) is 0 Å². The van der Waals surface area contributed by atoms with E-state index in [-0.39, 0.29) is 16.1 Å². The maximum atomic E-state index is 11.4. The van der Waals surface area contributed by atoms with E-state index in [4.69, 9.17) is 17.0 Å². The van der Waals surface area contributed by atoms with Gasteiger partial charge in [0.1, 0.15) is 5.75 Å². The summed E-state index contributed by atoms with van der Waals surface area (Å²) in [6, 6.07) is 7.17. The first kappa shape index (κ1) is 11.1. The number of aromatic amines is 2. The van der Waals surface area contributed by atoms with E-state index < -0.39 is 0 Å². The van der Waals surface area contributed by atoms with E-state index in [1.54, 1.807) is 12.1 Å². The normalized spacial score (nSPS) is 10.1. The Labute approximate surface area is 104 Å². The molecule has 1 heterocycles. The monoisotopic (exact) mass is 298 g/mol. The molecule has 0 spiro atoms. The molecule has 4 nitrogen and oxygen atoms in total. The standard InChI is InChI=1S/C10H7BrN2O2S/c11-6-1-3-7(4-2-6)15-8-5-12-10(16)13-9(8)14/h1-5H,(H2,12,13,14,16). The number of benzene rings is 1. The van der Waals surface area contributed by atoms with Gasteiger partial charge in [0.15, 0.2) is 4.77 Å². The average molecular weight is 299 g/mol. The predicted molar refractivity (Wildman–Crippen MR) is 66.5 cm³/mol. The Morgan fingerprint density at radius 3 is 2.56 bits per heavy atom. The highest BCUT2D eigenvalue weighted by Crippen LogP contribution is 2.19. The van der Waals surface area contributed by atoms with Gasteiger partial charge in [0.2, 0.25) is 5.75 Å². The fraction of sp³-hybridized carbons (Fsp3) is 0. The first-order valence-electron chi connectivity index (χ1n) is 4.40. The second-order valence-electron chi connectivity index (χ2n) is 2.99. The van der Waals surface area contributed by atoms with Crippen LogP contribution in [-0.4, -0.2) is 9.97 Å². The largest absolute Gasteiger partial charge is 0.450 e. The van der Waals surface area contributed by atoms with E-state index in [9.17, 15) is 4.79 Å². The van der Waals surface area contributed by atoms with Gasteiger partial charge in [-0.25, -0.2) is 0 Å². The number of rotatable bonds is 2. The molecular weight excluding hydrogens is 292 g/mol. The summed E-state index contributed by atoms with van der Waals surface area (Å²) in [6.45, 7) is 0. The fourth-order valence-corrected chi connectivity index (χ4v) is 1.52. The number of aromatic nitrogens is 2. The molecule has 6 heteroatoms. The minimum atomic E-state index is -0.355. The third-order valence-electron chi connectivity index (χ3n) is 1.83. The third-order valence-corrected chi connectivity index (χ3v) is 2.58. The second-order valence-corrected chi connectivity index (χ2v) is 4.32. The van der Waals surface area contributed by atoms with Gasteiger partial charge >= 0.3 is 0 Å². The van der Waals surface area contributed by atoms with Crippen molar-refractivity contribution < 1.29 is 4.74 Å². The molecule has 1 aromatic carbocycles. The fourth-order valence-electron chi connectivity index (χ4n) is 1.10. The van der Waals surface area contributed by atoms with Gasteiger partial charge in [-0.05, 0) is 36.5 Å². The quantitative estimate of drug-likeness (QED) is 0.838. The van der Waals surface area contributed by atoms with Gasteiger partial charge in [0, 0.05) is 4.47 Å². The highest BCUT2D eigenvalue weighted by atomic mass is 79.9. The van der Waals surface area contributed by atoms with E-state index in [0.717, 1.165) is 4.47 Å². The van der Waals surface area contributed by atoms with Crippen molar-refractivity contribution in [1.29, 1.82) is 0 Å². The number of ether oxygens (including phenoxy) is 1. The molecule has 2 aromatic rings. The summed E-state index contributed by atoms with van der Waals surface area (Å²) in [4.78, 5) is 16.6. The summed E-state index contributed by atoms with van der Waals surface area (Å²) >= 11 is 8.08. The number of H-pyrrole nitrogens is 2. The van der Waals surface area contributed by atoms with Crippen LogP contribution >= 0.6 is 28.1 Å². The molecule has 2 rings (SSSR count). The van der Waals surface area contributed by atoms with E-state index in [0.29, 0.717) is 5.75 Å². The Morgan fingerprint density at radius 2 is 1.94 bits per heavy atom. The van der Waals surface area contributed by atoms with Crippen LogP contribution in [0.15, 0.2) is 39.7 Å². The molecule has 82 valence electrons. The molecule has 0 unspecified atom stereocenters. The van der Waals surface area contributed by atoms with Crippen LogP contribution in [0.1, 0.15) is 0 Å². The van der Waals surface area contributed by atoms with Crippen molar-refractivity contribution in [2.24, 2.45) is 0 Å². The van der Waals surface area contributed by atoms with Crippen LogP contribution in [0.3, 0.4) is 0 Å². The number of hydrogen-bond acceptors (Lipinski definition) is 3. The van der Waals surface area contributed by atoms with Gasteiger partial charge in [0.25, 0.3) is 5.56 Å². The molecule has 0 aliphatic carbocycles. The summed E-state index contributed by atoms with van der Waals surface area (Å²) in [6.07, 6.45) is 1.43. The second kappa shape index (κ2) is 4.63. The van der Waals surface area contributed by atoms with Crippen LogP contribution in [-0.2, 0) is 0 Å². The van der Waals surface area contributed by atoms with Gasteiger partial charge in [-0.3, -0.25) is 9.78 Å². The molecular formula is C10H7BrN2O2S. The van der Waals surface area contributed by atoms with Crippen LogP contribution in [0.2, 0.25) is 0 Å². The van der Waals surface area contributed by atoms with E-state index in [2.05, 4.69) is 25.9 Å². The Kier molecular flexibility index (Phi) is 3.21. The topological polar surface area (TPSA) is 57.9 Å². The summed E-state index contributed by atoms with van der Waals surface area (Å²) in [5, 5.41) is 0. The average Bonchev–Trinajstić information content (AvgIpc) is 2.25. The number of halogens is 1. The summed E-state index contributed by atoms with van der Waals surface area (Å²) < 4.78 is 6.59. The van der Waals surface area contributed by atoms with Crippen LogP contribution in [0.4, 0.5) is 0 Å². The minimum absolute atomic E-state index is 0.177.